The van der Waals surface area contributed by atoms with Crippen LogP contribution in [0.15, 0.2) is 42.5 Å². The van der Waals surface area contributed by atoms with Crippen molar-refractivity contribution in [2.45, 2.75) is 0 Å². The molecule has 0 bridgehead atoms. The number of nitrogens with zero attached hydrogens (tertiary/aromatic N) is 4. The van der Waals surface area contributed by atoms with Gasteiger partial charge in [-0.15, -0.1) is 10.2 Å². The Hall–Kier alpha value is -2.96. The summed E-state index contributed by atoms with van der Waals surface area (Å²) in [6.45, 7) is 0.192. The Labute approximate surface area is 134 Å². The molecule has 0 saturated heterocycles. The Morgan fingerprint density at radius 3 is 2.26 bits per heavy atom. The Bertz CT molecular complexity index is 671. The van der Waals surface area contributed by atoms with Gasteiger partial charge >= 0.3 is 0 Å². The molecule has 1 aromatic heterocycles. The SMILES string of the molecule is CN(C)C(=O)CN(C)c1ccc(C(=O)Nc2ccccc2)nn1. The van der Waals surface area contributed by atoms with Gasteiger partial charge in [-0.1, -0.05) is 18.2 Å². The fraction of sp³-hybridized carbons (Fsp3) is 0.250. The lowest BCUT2D eigenvalue weighted by Gasteiger charge is -2.19. The lowest BCUT2D eigenvalue weighted by Crippen LogP contribution is -2.34. The summed E-state index contributed by atoms with van der Waals surface area (Å²) >= 11 is 0. The summed E-state index contributed by atoms with van der Waals surface area (Å²) in [5, 5.41) is 10.7. The molecule has 120 valence electrons. The smallest absolute Gasteiger partial charge is 0.276 e. The van der Waals surface area contributed by atoms with Gasteiger partial charge in [-0.3, -0.25) is 9.59 Å². The van der Waals surface area contributed by atoms with Gasteiger partial charge in [0.2, 0.25) is 5.91 Å². The van der Waals surface area contributed by atoms with Gasteiger partial charge in [-0.25, -0.2) is 0 Å². The molecule has 0 fully saturated rings. The third kappa shape index (κ3) is 4.50. The van der Waals surface area contributed by atoms with E-state index in [-0.39, 0.29) is 24.1 Å². The predicted molar refractivity (Wildman–Crippen MR) is 88.4 cm³/mol. The van der Waals surface area contributed by atoms with Crippen molar-refractivity contribution >= 4 is 23.3 Å². The number of benzene rings is 1. The van der Waals surface area contributed by atoms with Crippen LogP contribution in [0, 0.1) is 0 Å². The zero-order valence-corrected chi connectivity index (χ0v) is 13.4. The number of para-hydroxylation sites is 1. The number of hydrogen-bond acceptors (Lipinski definition) is 5. The molecule has 0 spiro atoms. The van der Waals surface area contributed by atoms with E-state index in [2.05, 4.69) is 15.5 Å². The van der Waals surface area contributed by atoms with Crippen molar-refractivity contribution < 1.29 is 9.59 Å². The van der Waals surface area contributed by atoms with Gasteiger partial charge in [0.25, 0.3) is 5.91 Å². The molecule has 0 aliphatic rings. The average molecular weight is 313 g/mol. The maximum atomic E-state index is 12.1. The minimum atomic E-state index is -0.331. The van der Waals surface area contributed by atoms with Crippen molar-refractivity contribution in [1.29, 1.82) is 0 Å². The van der Waals surface area contributed by atoms with Gasteiger partial charge < -0.3 is 15.1 Å². The minimum absolute atomic E-state index is 0.0415. The second-order valence-electron chi connectivity index (χ2n) is 5.24. The average Bonchev–Trinajstić information content (AvgIpc) is 2.55. The molecule has 1 N–H and O–H groups in total. The van der Waals surface area contributed by atoms with E-state index in [0.717, 1.165) is 0 Å². The topological polar surface area (TPSA) is 78.4 Å². The first-order chi connectivity index (χ1) is 11.0. The van der Waals surface area contributed by atoms with Crippen LogP contribution >= 0.6 is 0 Å². The summed E-state index contributed by atoms with van der Waals surface area (Å²) in [5.41, 5.74) is 0.905. The van der Waals surface area contributed by atoms with Gasteiger partial charge in [0, 0.05) is 26.8 Å². The molecule has 7 heteroatoms. The molecule has 7 nitrogen and oxygen atoms in total. The number of carbonyl (C=O) groups is 2. The largest absolute Gasteiger partial charge is 0.349 e. The summed E-state index contributed by atoms with van der Waals surface area (Å²) in [5.74, 6) is 0.152. The van der Waals surface area contributed by atoms with Gasteiger partial charge in [-0.05, 0) is 24.3 Å². The molecule has 0 aliphatic carbocycles. The highest BCUT2D eigenvalue weighted by Gasteiger charge is 2.13. The van der Waals surface area contributed by atoms with Crippen LogP contribution in [0.25, 0.3) is 0 Å². The molecular weight excluding hydrogens is 294 g/mol. The number of aromatic nitrogens is 2. The maximum absolute atomic E-state index is 12.1. The second kappa shape index (κ2) is 7.35. The van der Waals surface area contributed by atoms with Crippen molar-refractivity contribution in [3.8, 4) is 0 Å². The van der Waals surface area contributed by atoms with E-state index in [1.165, 1.54) is 4.90 Å². The fourth-order valence-electron chi connectivity index (χ4n) is 1.79. The molecule has 0 saturated carbocycles. The molecule has 2 rings (SSSR count). The summed E-state index contributed by atoms with van der Waals surface area (Å²) in [7, 11) is 5.13. The van der Waals surface area contributed by atoms with E-state index in [9.17, 15) is 9.59 Å². The van der Waals surface area contributed by atoms with Crippen LogP contribution in [0.2, 0.25) is 0 Å². The minimum Gasteiger partial charge on any atom is -0.349 e. The van der Waals surface area contributed by atoms with E-state index in [0.29, 0.717) is 11.5 Å². The summed E-state index contributed by atoms with van der Waals surface area (Å²) in [6, 6.07) is 12.4. The van der Waals surface area contributed by atoms with Crippen molar-refractivity contribution in [2.24, 2.45) is 0 Å². The Morgan fingerprint density at radius 1 is 1.00 bits per heavy atom. The van der Waals surface area contributed by atoms with Gasteiger partial charge in [0.15, 0.2) is 11.5 Å². The van der Waals surface area contributed by atoms with Crippen molar-refractivity contribution in [3.63, 3.8) is 0 Å². The highest BCUT2D eigenvalue weighted by atomic mass is 16.2. The van der Waals surface area contributed by atoms with Crippen molar-refractivity contribution in [3.05, 3.63) is 48.2 Å². The van der Waals surface area contributed by atoms with Crippen molar-refractivity contribution in [1.82, 2.24) is 15.1 Å². The van der Waals surface area contributed by atoms with Crippen LogP contribution in [0.5, 0.6) is 0 Å². The molecule has 0 aliphatic heterocycles. The number of nitrogens with one attached hydrogen (secondary N) is 1. The van der Waals surface area contributed by atoms with Gasteiger partial charge in [0.1, 0.15) is 0 Å². The number of likely N-dealkylation sites (N-methyl/N-ethyl adjacent to an activating group) is 2. The zero-order chi connectivity index (χ0) is 16.8. The molecule has 23 heavy (non-hydrogen) atoms. The van der Waals surface area contributed by atoms with Gasteiger partial charge in [0.05, 0.1) is 6.54 Å². The normalized spacial score (nSPS) is 10.0. The maximum Gasteiger partial charge on any atom is 0.276 e. The molecule has 1 heterocycles. The lowest BCUT2D eigenvalue weighted by atomic mass is 10.3. The number of anilines is 2. The first-order valence-corrected chi connectivity index (χ1v) is 7.09. The molecule has 2 aromatic rings. The van der Waals surface area contributed by atoms with E-state index in [1.54, 1.807) is 50.3 Å². The number of hydrogen-bond donors (Lipinski definition) is 1. The highest BCUT2D eigenvalue weighted by molar-refractivity contribution is 6.02. The van der Waals surface area contributed by atoms with E-state index < -0.39 is 0 Å². The van der Waals surface area contributed by atoms with Crippen LogP contribution in [0.4, 0.5) is 11.5 Å². The zero-order valence-electron chi connectivity index (χ0n) is 13.4. The fourth-order valence-corrected chi connectivity index (χ4v) is 1.79. The first-order valence-electron chi connectivity index (χ1n) is 7.09. The van der Waals surface area contributed by atoms with Crippen LogP contribution in [-0.4, -0.2) is 54.6 Å². The molecule has 0 radical (unpaired) electrons. The summed E-state index contributed by atoms with van der Waals surface area (Å²) < 4.78 is 0. The Balaban J connectivity index is 2.01. The molecule has 2 amide bonds. The van der Waals surface area contributed by atoms with E-state index in [4.69, 9.17) is 0 Å². The third-order valence-corrected chi connectivity index (χ3v) is 3.18. The number of amides is 2. The monoisotopic (exact) mass is 313 g/mol. The van der Waals surface area contributed by atoms with E-state index in [1.807, 2.05) is 18.2 Å². The quantitative estimate of drug-likeness (QED) is 0.899. The number of carbonyl (C=O) groups excluding carboxylic acids is 2. The second-order valence-corrected chi connectivity index (χ2v) is 5.24. The summed E-state index contributed by atoms with van der Waals surface area (Å²) in [6.07, 6.45) is 0. The summed E-state index contributed by atoms with van der Waals surface area (Å²) in [4.78, 5) is 26.9. The van der Waals surface area contributed by atoms with Crippen molar-refractivity contribution in [2.75, 3.05) is 37.9 Å². The first kappa shape index (κ1) is 16.4. The highest BCUT2D eigenvalue weighted by Crippen LogP contribution is 2.10. The van der Waals surface area contributed by atoms with E-state index >= 15 is 0 Å². The standard InChI is InChI=1S/C16H19N5O2/c1-20(2)15(22)11-21(3)14-10-9-13(18-19-14)16(23)17-12-7-5-4-6-8-12/h4-10H,11H2,1-3H3,(H,17,23). The van der Waals surface area contributed by atoms with Gasteiger partial charge in [-0.2, -0.15) is 0 Å². The Morgan fingerprint density at radius 2 is 1.70 bits per heavy atom. The van der Waals surface area contributed by atoms with Crippen LogP contribution in [0.1, 0.15) is 10.5 Å². The van der Waals surface area contributed by atoms with Crippen LogP contribution in [0.3, 0.4) is 0 Å². The molecular formula is C16H19N5O2. The molecule has 0 unspecified atom stereocenters. The molecule has 0 atom stereocenters. The molecule has 1 aromatic carbocycles. The number of rotatable bonds is 5. The Kier molecular flexibility index (Phi) is 5.24. The third-order valence-electron chi connectivity index (χ3n) is 3.18. The van der Waals surface area contributed by atoms with Crippen LogP contribution < -0.4 is 10.2 Å². The lowest BCUT2D eigenvalue weighted by molar-refractivity contribution is -0.127. The van der Waals surface area contributed by atoms with Crippen LogP contribution in [-0.2, 0) is 4.79 Å². The predicted octanol–water partition coefficient (Wildman–Crippen LogP) is 1.25.